The number of nitrogens with zero attached hydrogens (tertiary/aromatic N) is 1. The number of benzene rings is 2. The zero-order valence-corrected chi connectivity index (χ0v) is 16.8. The summed E-state index contributed by atoms with van der Waals surface area (Å²) in [6, 6.07) is 14.0. The largest absolute Gasteiger partial charge is 0.464 e. The summed E-state index contributed by atoms with van der Waals surface area (Å²) in [6.07, 6.45) is 0. The van der Waals surface area contributed by atoms with Gasteiger partial charge in [-0.05, 0) is 37.1 Å². The summed E-state index contributed by atoms with van der Waals surface area (Å²) < 4.78 is 18.9. The van der Waals surface area contributed by atoms with Gasteiger partial charge in [-0.1, -0.05) is 42.5 Å². The van der Waals surface area contributed by atoms with Crippen LogP contribution >= 0.6 is 0 Å². The van der Waals surface area contributed by atoms with Crippen LogP contribution in [0.3, 0.4) is 0 Å². The third-order valence-corrected chi connectivity index (χ3v) is 6.02. The van der Waals surface area contributed by atoms with E-state index in [2.05, 4.69) is 5.32 Å². The van der Waals surface area contributed by atoms with Crippen LogP contribution in [0.25, 0.3) is 0 Å². The van der Waals surface area contributed by atoms with Crippen LogP contribution in [0.4, 0.5) is 4.39 Å². The van der Waals surface area contributed by atoms with Crippen molar-refractivity contribution in [3.8, 4) is 0 Å². The van der Waals surface area contributed by atoms with Crippen LogP contribution in [-0.2, 0) is 24.7 Å². The molecule has 2 aromatic rings. The van der Waals surface area contributed by atoms with Crippen LogP contribution in [0.1, 0.15) is 31.0 Å². The lowest BCUT2D eigenvalue weighted by molar-refractivity contribution is -0.157. The minimum absolute atomic E-state index is 0.132. The molecule has 1 N–H and O–H groups in total. The molecule has 0 aliphatic carbocycles. The molecule has 2 aliphatic rings. The van der Waals surface area contributed by atoms with Crippen LogP contribution < -0.4 is 5.32 Å². The van der Waals surface area contributed by atoms with Crippen molar-refractivity contribution < 1.29 is 23.5 Å². The molecule has 0 bridgehead atoms. The molecule has 0 spiro atoms. The van der Waals surface area contributed by atoms with E-state index in [0.29, 0.717) is 11.1 Å². The number of esters is 1. The van der Waals surface area contributed by atoms with Gasteiger partial charge in [0.2, 0.25) is 11.8 Å². The van der Waals surface area contributed by atoms with Crippen molar-refractivity contribution in [2.75, 3.05) is 13.2 Å². The van der Waals surface area contributed by atoms with Gasteiger partial charge >= 0.3 is 5.97 Å². The van der Waals surface area contributed by atoms with E-state index in [9.17, 15) is 18.8 Å². The van der Waals surface area contributed by atoms with Crippen LogP contribution in [0.5, 0.6) is 0 Å². The fraction of sp³-hybridized carbons (Fsp3) is 0.348. The molecule has 0 saturated carbocycles. The standard InChI is InChI=1S/C23H23FN2O4/c1-3-26-20(27)17-18(21(26)28)23(22(29)30-4-2,15-8-6-5-7-9-15)25-19(17)14-10-12-16(24)13-11-14/h5-13,17-19,25H,3-4H2,1-2H3/t17-,18-,19-,23-/m1/s1. The zero-order chi connectivity index (χ0) is 21.5. The molecule has 4 rings (SSSR count). The first-order chi connectivity index (χ1) is 14.5. The Bertz CT molecular complexity index is 978. The quantitative estimate of drug-likeness (QED) is 0.606. The number of halogens is 1. The molecule has 2 fully saturated rings. The smallest absolute Gasteiger partial charge is 0.331 e. The second-order valence-electron chi connectivity index (χ2n) is 7.49. The molecule has 2 aliphatic heterocycles. The normalized spacial score (nSPS) is 28.0. The fourth-order valence-electron chi connectivity index (χ4n) is 4.75. The van der Waals surface area contributed by atoms with Crippen molar-refractivity contribution >= 4 is 17.8 Å². The van der Waals surface area contributed by atoms with Gasteiger partial charge < -0.3 is 4.74 Å². The Hall–Kier alpha value is -3.06. The van der Waals surface area contributed by atoms with Gasteiger partial charge in [-0.15, -0.1) is 0 Å². The summed E-state index contributed by atoms with van der Waals surface area (Å²) in [5.41, 5.74) is -0.327. The van der Waals surface area contributed by atoms with E-state index < -0.39 is 41.1 Å². The maximum atomic E-state index is 13.5. The second-order valence-corrected chi connectivity index (χ2v) is 7.49. The number of ether oxygens (including phenoxy) is 1. The number of carbonyl (C=O) groups excluding carboxylic acids is 3. The number of fused-ring (bicyclic) bond motifs is 1. The molecule has 0 unspecified atom stereocenters. The average molecular weight is 410 g/mol. The minimum atomic E-state index is -1.52. The van der Waals surface area contributed by atoms with Gasteiger partial charge in [0.1, 0.15) is 5.82 Å². The van der Waals surface area contributed by atoms with Crippen LogP contribution in [0, 0.1) is 17.7 Å². The number of amides is 2. The Morgan fingerprint density at radius 2 is 1.73 bits per heavy atom. The summed E-state index contributed by atoms with van der Waals surface area (Å²) in [5.74, 6) is -3.50. The van der Waals surface area contributed by atoms with Crippen molar-refractivity contribution in [1.29, 1.82) is 0 Å². The van der Waals surface area contributed by atoms with E-state index in [0.717, 1.165) is 0 Å². The van der Waals surface area contributed by atoms with Gasteiger partial charge in [-0.3, -0.25) is 19.8 Å². The monoisotopic (exact) mass is 410 g/mol. The Morgan fingerprint density at radius 3 is 2.33 bits per heavy atom. The predicted molar refractivity (Wildman–Crippen MR) is 106 cm³/mol. The van der Waals surface area contributed by atoms with Crippen molar-refractivity contribution in [1.82, 2.24) is 10.2 Å². The Morgan fingerprint density at radius 1 is 1.07 bits per heavy atom. The molecule has 7 heteroatoms. The summed E-state index contributed by atoms with van der Waals surface area (Å²) in [7, 11) is 0. The van der Waals surface area contributed by atoms with E-state index >= 15 is 0 Å². The maximum Gasteiger partial charge on any atom is 0.331 e. The molecule has 4 atom stereocenters. The van der Waals surface area contributed by atoms with Gasteiger partial charge in [0, 0.05) is 12.6 Å². The van der Waals surface area contributed by atoms with Crippen molar-refractivity contribution in [3.63, 3.8) is 0 Å². The molecule has 0 radical (unpaired) electrons. The Kier molecular flexibility index (Phi) is 5.15. The predicted octanol–water partition coefficient (Wildman–Crippen LogP) is 2.55. The number of likely N-dealkylation sites (tertiary alicyclic amines) is 1. The fourth-order valence-corrected chi connectivity index (χ4v) is 4.75. The summed E-state index contributed by atoms with van der Waals surface area (Å²) in [4.78, 5) is 41.1. The molecule has 2 heterocycles. The van der Waals surface area contributed by atoms with Crippen molar-refractivity contribution in [2.45, 2.75) is 25.4 Å². The third kappa shape index (κ3) is 2.84. The molecule has 0 aromatic heterocycles. The molecule has 156 valence electrons. The number of carbonyl (C=O) groups is 3. The van der Waals surface area contributed by atoms with E-state index in [4.69, 9.17) is 4.74 Å². The van der Waals surface area contributed by atoms with E-state index in [1.165, 1.54) is 17.0 Å². The van der Waals surface area contributed by atoms with Crippen molar-refractivity contribution in [2.24, 2.45) is 11.8 Å². The molecule has 30 heavy (non-hydrogen) atoms. The molecule has 2 saturated heterocycles. The van der Waals surface area contributed by atoms with Gasteiger partial charge in [0.15, 0.2) is 5.54 Å². The van der Waals surface area contributed by atoms with E-state index in [1.807, 2.05) is 6.07 Å². The average Bonchev–Trinajstić information content (AvgIpc) is 3.24. The van der Waals surface area contributed by atoms with Crippen LogP contribution in [-0.4, -0.2) is 35.8 Å². The summed E-state index contributed by atoms with van der Waals surface area (Å²) in [6.45, 7) is 3.77. The molecular weight excluding hydrogens is 387 g/mol. The highest BCUT2D eigenvalue weighted by Crippen LogP contribution is 2.53. The lowest BCUT2D eigenvalue weighted by atomic mass is 9.75. The van der Waals surface area contributed by atoms with Gasteiger partial charge in [-0.2, -0.15) is 0 Å². The highest BCUT2D eigenvalue weighted by Gasteiger charge is 2.69. The minimum Gasteiger partial charge on any atom is -0.464 e. The third-order valence-electron chi connectivity index (χ3n) is 6.02. The first kappa shape index (κ1) is 20.2. The Balaban J connectivity index is 1.93. The molecule has 2 aromatic carbocycles. The molecular formula is C23H23FN2O4. The van der Waals surface area contributed by atoms with E-state index in [-0.39, 0.29) is 19.1 Å². The number of rotatable bonds is 5. The number of nitrogens with one attached hydrogen (secondary N) is 1. The van der Waals surface area contributed by atoms with Crippen LogP contribution in [0.15, 0.2) is 54.6 Å². The highest BCUT2D eigenvalue weighted by atomic mass is 19.1. The van der Waals surface area contributed by atoms with Gasteiger partial charge in [0.05, 0.1) is 18.4 Å². The maximum absolute atomic E-state index is 13.5. The number of imide groups is 1. The first-order valence-corrected chi connectivity index (χ1v) is 10.1. The topological polar surface area (TPSA) is 75.7 Å². The van der Waals surface area contributed by atoms with E-state index in [1.54, 1.807) is 50.2 Å². The summed E-state index contributed by atoms with van der Waals surface area (Å²) >= 11 is 0. The lowest BCUT2D eigenvalue weighted by Gasteiger charge is -2.33. The summed E-state index contributed by atoms with van der Waals surface area (Å²) in [5, 5.41) is 3.28. The lowest BCUT2D eigenvalue weighted by Crippen LogP contribution is -2.53. The highest BCUT2D eigenvalue weighted by molar-refractivity contribution is 6.09. The Labute approximate surface area is 174 Å². The van der Waals surface area contributed by atoms with Gasteiger partial charge in [-0.25, -0.2) is 9.18 Å². The second kappa shape index (κ2) is 7.65. The number of hydrogen-bond donors (Lipinski definition) is 1. The molecule has 6 nitrogen and oxygen atoms in total. The number of hydrogen-bond acceptors (Lipinski definition) is 5. The zero-order valence-electron chi connectivity index (χ0n) is 16.8. The SMILES string of the molecule is CCOC(=O)[C@]1(c2ccccc2)N[C@H](c2ccc(F)cc2)[C@@H]2C(=O)N(CC)C(=O)[C@@H]21. The van der Waals surface area contributed by atoms with Gasteiger partial charge in [0.25, 0.3) is 0 Å². The van der Waals surface area contributed by atoms with Crippen LogP contribution in [0.2, 0.25) is 0 Å². The van der Waals surface area contributed by atoms with Crippen molar-refractivity contribution in [3.05, 3.63) is 71.5 Å². The first-order valence-electron chi connectivity index (χ1n) is 10.1. The molecule has 2 amide bonds.